The van der Waals surface area contributed by atoms with E-state index in [1.54, 1.807) is 19.2 Å². The van der Waals surface area contributed by atoms with Gasteiger partial charge in [0.1, 0.15) is 18.4 Å². The lowest BCUT2D eigenvalue weighted by Gasteiger charge is -2.08. The molecule has 0 saturated carbocycles. The van der Waals surface area contributed by atoms with E-state index >= 15 is 0 Å². The maximum absolute atomic E-state index is 11.5. The Labute approximate surface area is 111 Å². The standard InChI is InChI=1S/C13H19NO5/c1-9(16)2-3-10-4-5-12(14-6-10)13(18)19-8-11(17)7-15/h4-6,9,11,15-17H,2-3,7-8H2,1H3/t9?,11-/m0/s1. The molecule has 1 unspecified atom stereocenters. The van der Waals surface area contributed by atoms with Crippen LogP contribution in [0.3, 0.4) is 0 Å². The molecule has 0 spiro atoms. The molecule has 0 aliphatic rings. The van der Waals surface area contributed by atoms with Crippen molar-refractivity contribution in [1.29, 1.82) is 0 Å². The van der Waals surface area contributed by atoms with E-state index in [2.05, 4.69) is 4.98 Å². The van der Waals surface area contributed by atoms with E-state index in [0.29, 0.717) is 12.8 Å². The Morgan fingerprint density at radius 1 is 1.42 bits per heavy atom. The van der Waals surface area contributed by atoms with Gasteiger partial charge in [0.2, 0.25) is 0 Å². The van der Waals surface area contributed by atoms with Gasteiger partial charge in [-0.1, -0.05) is 6.07 Å². The van der Waals surface area contributed by atoms with Crippen molar-refractivity contribution in [2.24, 2.45) is 0 Å². The van der Waals surface area contributed by atoms with Crippen LogP contribution in [0.25, 0.3) is 0 Å². The van der Waals surface area contributed by atoms with Crippen LogP contribution in [0.4, 0.5) is 0 Å². The zero-order chi connectivity index (χ0) is 14.3. The van der Waals surface area contributed by atoms with Gasteiger partial charge in [-0.2, -0.15) is 0 Å². The first-order valence-electron chi connectivity index (χ1n) is 6.12. The molecule has 2 atom stereocenters. The van der Waals surface area contributed by atoms with Gasteiger partial charge >= 0.3 is 5.97 Å². The van der Waals surface area contributed by atoms with E-state index in [9.17, 15) is 4.79 Å². The summed E-state index contributed by atoms with van der Waals surface area (Å²) in [5.74, 6) is -0.644. The Kier molecular flexibility index (Phi) is 6.41. The van der Waals surface area contributed by atoms with Crippen molar-refractivity contribution in [2.75, 3.05) is 13.2 Å². The molecule has 0 saturated heterocycles. The van der Waals surface area contributed by atoms with Crippen molar-refractivity contribution in [3.8, 4) is 0 Å². The van der Waals surface area contributed by atoms with E-state index in [4.69, 9.17) is 20.1 Å². The monoisotopic (exact) mass is 269 g/mol. The number of hydrogen-bond acceptors (Lipinski definition) is 6. The molecule has 1 rings (SSSR count). The van der Waals surface area contributed by atoms with Crippen molar-refractivity contribution in [2.45, 2.75) is 32.0 Å². The van der Waals surface area contributed by atoms with Gasteiger partial charge in [-0.15, -0.1) is 0 Å². The molecule has 0 bridgehead atoms. The van der Waals surface area contributed by atoms with Gasteiger partial charge < -0.3 is 20.1 Å². The fourth-order valence-corrected chi connectivity index (χ4v) is 1.37. The SMILES string of the molecule is CC(O)CCc1ccc(C(=O)OC[C@@H](O)CO)nc1. The molecule has 0 radical (unpaired) electrons. The van der Waals surface area contributed by atoms with Gasteiger partial charge in [0.15, 0.2) is 0 Å². The largest absolute Gasteiger partial charge is 0.458 e. The minimum Gasteiger partial charge on any atom is -0.458 e. The van der Waals surface area contributed by atoms with Crippen LogP contribution in [0.5, 0.6) is 0 Å². The van der Waals surface area contributed by atoms with Crippen molar-refractivity contribution in [3.63, 3.8) is 0 Å². The summed E-state index contributed by atoms with van der Waals surface area (Å²) in [6.07, 6.45) is 1.43. The van der Waals surface area contributed by atoms with E-state index in [0.717, 1.165) is 5.56 Å². The quantitative estimate of drug-likeness (QED) is 0.598. The second-order valence-corrected chi connectivity index (χ2v) is 4.37. The summed E-state index contributed by atoms with van der Waals surface area (Å²) in [5.41, 5.74) is 1.07. The number of aryl methyl sites for hydroxylation is 1. The lowest BCUT2D eigenvalue weighted by atomic mass is 10.1. The number of rotatable bonds is 7. The Morgan fingerprint density at radius 2 is 2.16 bits per heavy atom. The van der Waals surface area contributed by atoms with Crippen molar-refractivity contribution in [3.05, 3.63) is 29.6 Å². The second kappa shape index (κ2) is 7.83. The van der Waals surface area contributed by atoms with Gasteiger partial charge in [-0.25, -0.2) is 9.78 Å². The molecule has 0 aromatic carbocycles. The van der Waals surface area contributed by atoms with Crippen LogP contribution in [-0.4, -0.2) is 51.7 Å². The molecule has 0 amide bonds. The summed E-state index contributed by atoms with van der Waals surface area (Å²) >= 11 is 0. The average molecular weight is 269 g/mol. The molecule has 1 aromatic rings. The lowest BCUT2D eigenvalue weighted by molar-refractivity contribution is 0.00888. The molecule has 19 heavy (non-hydrogen) atoms. The smallest absolute Gasteiger partial charge is 0.357 e. The molecule has 1 heterocycles. The molecular formula is C13H19NO5. The highest BCUT2D eigenvalue weighted by Crippen LogP contribution is 2.06. The number of aliphatic hydroxyl groups is 3. The Hall–Kier alpha value is -1.50. The number of esters is 1. The van der Waals surface area contributed by atoms with Gasteiger partial charge in [0, 0.05) is 6.20 Å². The van der Waals surface area contributed by atoms with Crippen LogP contribution in [0.2, 0.25) is 0 Å². The third-order valence-electron chi connectivity index (χ3n) is 2.50. The molecule has 0 fully saturated rings. The number of carbonyl (C=O) groups is 1. The highest BCUT2D eigenvalue weighted by molar-refractivity contribution is 5.87. The maximum atomic E-state index is 11.5. The number of hydrogen-bond donors (Lipinski definition) is 3. The molecule has 0 aliphatic carbocycles. The number of nitrogens with zero attached hydrogens (tertiary/aromatic N) is 1. The number of carbonyl (C=O) groups excluding carboxylic acids is 1. The fourth-order valence-electron chi connectivity index (χ4n) is 1.37. The number of pyridine rings is 1. The van der Waals surface area contributed by atoms with E-state index in [1.807, 2.05) is 0 Å². The van der Waals surface area contributed by atoms with Crippen LogP contribution in [0.1, 0.15) is 29.4 Å². The second-order valence-electron chi connectivity index (χ2n) is 4.37. The number of ether oxygens (including phenoxy) is 1. The summed E-state index contributed by atoms with van der Waals surface area (Å²) in [5, 5.41) is 26.8. The zero-order valence-electron chi connectivity index (χ0n) is 10.8. The molecule has 6 heteroatoms. The van der Waals surface area contributed by atoms with E-state index in [1.165, 1.54) is 6.07 Å². The van der Waals surface area contributed by atoms with Crippen molar-refractivity contribution < 1.29 is 24.9 Å². The highest BCUT2D eigenvalue weighted by Gasteiger charge is 2.11. The Bertz CT molecular complexity index is 391. The van der Waals surface area contributed by atoms with Crippen LogP contribution in [0.15, 0.2) is 18.3 Å². The van der Waals surface area contributed by atoms with Gasteiger partial charge in [0.05, 0.1) is 12.7 Å². The number of aliphatic hydroxyl groups excluding tert-OH is 3. The van der Waals surface area contributed by atoms with Crippen LogP contribution < -0.4 is 0 Å². The van der Waals surface area contributed by atoms with Gasteiger partial charge in [0.25, 0.3) is 0 Å². The van der Waals surface area contributed by atoms with Crippen LogP contribution in [0, 0.1) is 0 Å². The van der Waals surface area contributed by atoms with E-state index < -0.39 is 18.7 Å². The molecule has 3 N–H and O–H groups in total. The highest BCUT2D eigenvalue weighted by atomic mass is 16.5. The summed E-state index contributed by atoms with van der Waals surface area (Å²) in [6.45, 7) is 0.991. The van der Waals surface area contributed by atoms with Gasteiger partial charge in [-0.3, -0.25) is 0 Å². The Balaban J connectivity index is 2.48. The molecule has 106 valence electrons. The molecule has 0 aliphatic heterocycles. The molecule has 1 aromatic heterocycles. The molecule has 6 nitrogen and oxygen atoms in total. The predicted molar refractivity (Wildman–Crippen MR) is 67.6 cm³/mol. The first-order valence-corrected chi connectivity index (χ1v) is 6.12. The third-order valence-corrected chi connectivity index (χ3v) is 2.50. The zero-order valence-corrected chi connectivity index (χ0v) is 10.8. The van der Waals surface area contributed by atoms with Crippen LogP contribution >= 0.6 is 0 Å². The average Bonchev–Trinajstić information content (AvgIpc) is 2.42. The normalized spacial score (nSPS) is 13.9. The minimum absolute atomic E-state index is 0.144. The molecular weight excluding hydrogens is 250 g/mol. The third kappa shape index (κ3) is 5.78. The van der Waals surface area contributed by atoms with Gasteiger partial charge in [-0.05, 0) is 31.4 Å². The minimum atomic E-state index is -1.07. The summed E-state index contributed by atoms with van der Waals surface area (Å²) in [4.78, 5) is 15.5. The summed E-state index contributed by atoms with van der Waals surface area (Å²) in [7, 11) is 0. The number of aromatic nitrogens is 1. The van der Waals surface area contributed by atoms with Crippen molar-refractivity contribution in [1.82, 2.24) is 4.98 Å². The first kappa shape index (κ1) is 15.6. The predicted octanol–water partition coefficient (Wildman–Crippen LogP) is -0.0950. The fraction of sp³-hybridized carbons (Fsp3) is 0.538. The van der Waals surface area contributed by atoms with E-state index in [-0.39, 0.29) is 18.4 Å². The van der Waals surface area contributed by atoms with Crippen LogP contribution in [-0.2, 0) is 11.2 Å². The summed E-state index contributed by atoms with van der Waals surface area (Å²) < 4.78 is 4.77. The first-order chi connectivity index (χ1) is 9.02. The van der Waals surface area contributed by atoms with Crippen molar-refractivity contribution >= 4 is 5.97 Å². The maximum Gasteiger partial charge on any atom is 0.357 e. The topological polar surface area (TPSA) is 99.9 Å². The summed E-state index contributed by atoms with van der Waals surface area (Å²) in [6, 6.07) is 3.28. The Morgan fingerprint density at radius 3 is 2.68 bits per heavy atom. The lowest BCUT2D eigenvalue weighted by Crippen LogP contribution is -2.22.